The summed E-state index contributed by atoms with van der Waals surface area (Å²) in [7, 11) is 1.63. The van der Waals surface area contributed by atoms with E-state index in [2.05, 4.69) is 10.5 Å². The third-order valence-corrected chi connectivity index (χ3v) is 5.19. The van der Waals surface area contributed by atoms with Crippen LogP contribution >= 0.6 is 0 Å². The molecule has 1 amide bonds. The van der Waals surface area contributed by atoms with E-state index in [9.17, 15) is 4.79 Å². The van der Waals surface area contributed by atoms with Crippen molar-refractivity contribution in [1.82, 2.24) is 5.43 Å². The van der Waals surface area contributed by atoms with Gasteiger partial charge in [-0.1, -0.05) is 66.7 Å². The number of amides is 1. The van der Waals surface area contributed by atoms with Crippen LogP contribution in [-0.2, 0) is 13.2 Å². The zero-order valence-electron chi connectivity index (χ0n) is 19.4. The molecular formula is C29H26N2O4. The summed E-state index contributed by atoms with van der Waals surface area (Å²) in [6.07, 6.45) is 1.56. The Morgan fingerprint density at radius 1 is 0.771 bits per heavy atom. The van der Waals surface area contributed by atoms with E-state index in [4.69, 9.17) is 14.2 Å². The minimum absolute atomic E-state index is 0.361. The van der Waals surface area contributed by atoms with Gasteiger partial charge in [0.1, 0.15) is 30.5 Å². The lowest BCUT2D eigenvalue weighted by Gasteiger charge is -2.11. The minimum atomic E-state index is -0.361. The van der Waals surface area contributed by atoms with E-state index in [0.717, 1.165) is 22.4 Å². The van der Waals surface area contributed by atoms with Gasteiger partial charge in [-0.3, -0.25) is 4.79 Å². The summed E-state index contributed by atoms with van der Waals surface area (Å²) < 4.78 is 17.1. The van der Waals surface area contributed by atoms with Crippen molar-refractivity contribution in [2.45, 2.75) is 13.2 Å². The monoisotopic (exact) mass is 466 g/mol. The Balaban J connectivity index is 1.38. The van der Waals surface area contributed by atoms with E-state index in [-0.39, 0.29) is 5.91 Å². The van der Waals surface area contributed by atoms with Crippen molar-refractivity contribution in [3.63, 3.8) is 0 Å². The molecule has 0 bridgehead atoms. The molecule has 0 aromatic heterocycles. The molecule has 0 saturated carbocycles. The molecule has 35 heavy (non-hydrogen) atoms. The van der Waals surface area contributed by atoms with Gasteiger partial charge in [-0.15, -0.1) is 0 Å². The van der Waals surface area contributed by atoms with Crippen molar-refractivity contribution in [1.29, 1.82) is 0 Å². The molecule has 4 aromatic rings. The molecular weight excluding hydrogens is 440 g/mol. The average Bonchev–Trinajstić information content (AvgIpc) is 2.92. The van der Waals surface area contributed by atoms with Crippen molar-refractivity contribution in [3.8, 4) is 17.2 Å². The Labute approximate surface area is 204 Å². The second kappa shape index (κ2) is 12.0. The molecule has 0 radical (unpaired) electrons. The van der Waals surface area contributed by atoms with E-state index in [1.54, 1.807) is 31.5 Å². The van der Waals surface area contributed by atoms with Crippen LogP contribution in [0.3, 0.4) is 0 Å². The van der Waals surface area contributed by atoms with E-state index >= 15 is 0 Å². The summed E-state index contributed by atoms with van der Waals surface area (Å²) in [5.41, 5.74) is 5.73. The van der Waals surface area contributed by atoms with Crippen LogP contribution in [-0.4, -0.2) is 19.2 Å². The van der Waals surface area contributed by atoms with Gasteiger partial charge in [-0.2, -0.15) is 5.10 Å². The zero-order chi connectivity index (χ0) is 24.3. The molecule has 4 rings (SSSR count). The summed E-state index contributed by atoms with van der Waals surface area (Å²) >= 11 is 0. The highest BCUT2D eigenvalue weighted by Crippen LogP contribution is 2.21. The number of para-hydroxylation sites is 2. The predicted octanol–water partition coefficient (Wildman–Crippen LogP) is 5.62. The zero-order valence-corrected chi connectivity index (χ0v) is 19.4. The first-order valence-electron chi connectivity index (χ1n) is 11.2. The van der Waals surface area contributed by atoms with Crippen LogP contribution in [0.2, 0.25) is 0 Å². The number of carbonyl (C=O) groups is 1. The number of rotatable bonds is 10. The lowest BCUT2D eigenvalue weighted by Crippen LogP contribution is -2.18. The Bertz CT molecular complexity index is 1290. The number of carbonyl (C=O) groups excluding carboxylic acids is 1. The molecule has 0 unspecified atom stereocenters. The summed E-state index contributed by atoms with van der Waals surface area (Å²) in [5.74, 6) is 1.56. The topological polar surface area (TPSA) is 69.2 Å². The molecule has 0 atom stereocenters. The van der Waals surface area contributed by atoms with Crippen LogP contribution in [0.25, 0.3) is 0 Å². The average molecular weight is 467 g/mol. The number of nitrogens with zero attached hydrogens (tertiary/aromatic N) is 1. The number of hydrogen-bond acceptors (Lipinski definition) is 5. The fourth-order valence-corrected chi connectivity index (χ4v) is 3.38. The molecule has 0 aliphatic carbocycles. The van der Waals surface area contributed by atoms with Gasteiger partial charge in [0.2, 0.25) is 0 Å². The van der Waals surface area contributed by atoms with Crippen LogP contribution in [0.4, 0.5) is 0 Å². The Kier molecular flexibility index (Phi) is 8.11. The van der Waals surface area contributed by atoms with E-state index < -0.39 is 0 Å². The van der Waals surface area contributed by atoms with Crippen molar-refractivity contribution >= 4 is 12.1 Å². The summed E-state index contributed by atoms with van der Waals surface area (Å²) in [6.45, 7) is 0.743. The standard InChI is InChI=1S/C29H26N2O4/c1-33-25-14-9-12-23(18-25)21-34-27-16-7-5-13-24(27)19-30-31-29(32)26-15-6-8-17-28(26)35-20-22-10-3-2-4-11-22/h2-19H,20-21H2,1H3,(H,31,32)/b30-19-. The fraction of sp³-hybridized carbons (Fsp3) is 0.103. The maximum absolute atomic E-state index is 12.8. The number of hydrazone groups is 1. The normalized spacial score (nSPS) is 10.7. The smallest absolute Gasteiger partial charge is 0.275 e. The second-order valence-electron chi connectivity index (χ2n) is 7.65. The highest BCUT2D eigenvalue weighted by Gasteiger charge is 2.12. The first kappa shape index (κ1) is 23.6. The van der Waals surface area contributed by atoms with Gasteiger partial charge in [0.15, 0.2) is 0 Å². The lowest BCUT2D eigenvalue weighted by atomic mass is 10.2. The largest absolute Gasteiger partial charge is 0.497 e. The van der Waals surface area contributed by atoms with Gasteiger partial charge in [-0.25, -0.2) is 5.43 Å². The number of ether oxygens (including phenoxy) is 3. The van der Waals surface area contributed by atoms with Crippen LogP contribution in [0.1, 0.15) is 27.0 Å². The van der Waals surface area contributed by atoms with Crippen molar-refractivity contribution in [2.24, 2.45) is 5.10 Å². The number of methoxy groups -OCH3 is 1. The van der Waals surface area contributed by atoms with Crippen molar-refractivity contribution in [3.05, 3.63) is 125 Å². The number of benzene rings is 4. The van der Waals surface area contributed by atoms with Crippen LogP contribution in [0, 0.1) is 0 Å². The molecule has 6 nitrogen and oxygen atoms in total. The van der Waals surface area contributed by atoms with Gasteiger partial charge in [0.05, 0.1) is 18.9 Å². The van der Waals surface area contributed by atoms with Gasteiger partial charge in [0.25, 0.3) is 5.91 Å². The molecule has 0 aliphatic heterocycles. The number of hydrogen-bond donors (Lipinski definition) is 1. The van der Waals surface area contributed by atoms with Gasteiger partial charge in [-0.05, 0) is 47.5 Å². The molecule has 0 heterocycles. The summed E-state index contributed by atoms with van der Waals surface area (Å²) in [6, 6.07) is 32.1. The molecule has 0 fully saturated rings. The van der Waals surface area contributed by atoms with Crippen molar-refractivity contribution < 1.29 is 19.0 Å². The summed E-state index contributed by atoms with van der Waals surface area (Å²) in [5, 5.41) is 4.14. The molecule has 0 saturated heterocycles. The van der Waals surface area contributed by atoms with E-state index in [1.807, 2.05) is 84.9 Å². The van der Waals surface area contributed by atoms with E-state index in [1.165, 1.54) is 0 Å². The first-order valence-corrected chi connectivity index (χ1v) is 11.2. The van der Waals surface area contributed by atoms with Gasteiger partial charge in [0, 0.05) is 5.56 Å². The third kappa shape index (κ3) is 6.71. The Morgan fingerprint density at radius 3 is 2.26 bits per heavy atom. The highest BCUT2D eigenvalue weighted by molar-refractivity contribution is 5.97. The maximum Gasteiger partial charge on any atom is 0.275 e. The van der Waals surface area contributed by atoms with Crippen LogP contribution in [0.5, 0.6) is 17.2 Å². The number of nitrogens with one attached hydrogen (secondary N) is 1. The lowest BCUT2D eigenvalue weighted by molar-refractivity contribution is 0.0950. The first-order chi connectivity index (χ1) is 17.2. The highest BCUT2D eigenvalue weighted by atomic mass is 16.5. The maximum atomic E-state index is 12.8. The Morgan fingerprint density at radius 2 is 1.43 bits per heavy atom. The van der Waals surface area contributed by atoms with Crippen LogP contribution < -0.4 is 19.6 Å². The molecule has 0 aliphatic rings. The van der Waals surface area contributed by atoms with Gasteiger partial charge < -0.3 is 14.2 Å². The third-order valence-electron chi connectivity index (χ3n) is 5.19. The second-order valence-corrected chi connectivity index (χ2v) is 7.65. The van der Waals surface area contributed by atoms with Crippen LogP contribution in [0.15, 0.2) is 108 Å². The Hall–Kier alpha value is -4.58. The molecule has 4 aromatic carbocycles. The molecule has 6 heteroatoms. The molecule has 0 spiro atoms. The van der Waals surface area contributed by atoms with Crippen molar-refractivity contribution in [2.75, 3.05) is 7.11 Å². The SMILES string of the molecule is COc1cccc(COc2ccccc2/C=N\NC(=O)c2ccccc2OCc2ccccc2)c1. The predicted molar refractivity (Wildman–Crippen MR) is 136 cm³/mol. The minimum Gasteiger partial charge on any atom is -0.497 e. The quantitative estimate of drug-likeness (QED) is 0.243. The summed E-state index contributed by atoms with van der Waals surface area (Å²) in [4.78, 5) is 12.8. The molecule has 1 N–H and O–H groups in total. The fourth-order valence-electron chi connectivity index (χ4n) is 3.38. The molecule has 176 valence electrons. The van der Waals surface area contributed by atoms with E-state index in [0.29, 0.717) is 30.3 Å². The van der Waals surface area contributed by atoms with Gasteiger partial charge >= 0.3 is 0 Å².